The van der Waals surface area contributed by atoms with Gasteiger partial charge in [-0.25, -0.2) is 0 Å². The third-order valence-electron chi connectivity index (χ3n) is 1.29. The van der Waals surface area contributed by atoms with Gasteiger partial charge in [-0.1, -0.05) is 13.0 Å². The minimum absolute atomic E-state index is 0.560. The van der Waals surface area contributed by atoms with Gasteiger partial charge in [0.25, 0.3) is 0 Å². The third-order valence-corrected chi connectivity index (χ3v) is 1.29. The molecule has 1 unspecified atom stereocenters. The molecule has 0 saturated heterocycles. The molecule has 2 nitrogen and oxygen atoms in total. The summed E-state index contributed by atoms with van der Waals surface area (Å²) in [6, 6.07) is 0.560. The van der Waals surface area contributed by atoms with Crippen LogP contribution in [0.25, 0.3) is 0 Å². The van der Waals surface area contributed by atoms with Crippen molar-refractivity contribution in [2.24, 2.45) is 0 Å². The van der Waals surface area contributed by atoms with E-state index in [1.54, 1.807) is 0 Å². The largest absolute Gasteiger partial charge is 0.313 e. The maximum absolute atomic E-state index is 3.62. The minimum Gasteiger partial charge on any atom is -0.313 e. The van der Waals surface area contributed by atoms with Gasteiger partial charge in [0.15, 0.2) is 0 Å². The van der Waals surface area contributed by atoms with Gasteiger partial charge < -0.3 is 10.6 Å². The van der Waals surface area contributed by atoms with Gasteiger partial charge in [0.05, 0.1) is 0 Å². The molecule has 10 heavy (non-hydrogen) atoms. The molecular weight excluding hydrogens is 124 g/mol. The van der Waals surface area contributed by atoms with Crippen molar-refractivity contribution in [1.82, 2.24) is 10.6 Å². The smallest absolute Gasteiger partial charge is 0.0164 e. The van der Waals surface area contributed by atoms with E-state index in [4.69, 9.17) is 0 Å². The van der Waals surface area contributed by atoms with Crippen LogP contribution >= 0.6 is 0 Å². The molecule has 0 bridgehead atoms. The van der Waals surface area contributed by atoms with Crippen molar-refractivity contribution >= 4 is 0 Å². The SMILES string of the molecule is C=CCNCC(C)NCC. The first-order chi connectivity index (χ1) is 4.81. The van der Waals surface area contributed by atoms with Gasteiger partial charge >= 0.3 is 0 Å². The van der Waals surface area contributed by atoms with Crippen LogP contribution in [-0.2, 0) is 0 Å². The monoisotopic (exact) mass is 142 g/mol. The van der Waals surface area contributed by atoms with E-state index in [1.165, 1.54) is 0 Å². The van der Waals surface area contributed by atoms with Gasteiger partial charge in [-0.3, -0.25) is 0 Å². The Morgan fingerprint density at radius 1 is 1.60 bits per heavy atom. The van der Waals surface area contributed by atoms with E-state index < -0.39 is 0 Å². The molecule has 0 aliphatic carbocycles. The molecule has 0 spiro atoms. The van der Waals surface area contributed by atoms with Crippen LogP contribution in [0.1, 0.15) is 13.8 Å². The summed E-state index contributed by atoms with van der Waals surface area (Å²) in [4.78, 5) is 0. The maximum atomic E-state index is 3.62. The summed E-state index contributed by atoms with van der Waals surface area (Å²) in [6.07, 6.45) is 1.87. The molecule has 0 fully saturated rings. The quantitative estimate of drug-likeness (QED) is 0.422. The molecule has 0 amide bonds. The second-order valence-electron chi connectivity index (χ2n) is 2.41. The fourth-order valence-corrected chi connectivity index (χ4v) is 0.823. The number of nitrogens with one attached hydrogen (secondary N) is 2. The van der Waals surface area contributed by atoms with Crippen LogP contribution in [0.15, 0.2) is 12.7 Å². The maximum Gasteiger partial charge on any atom is 0.0164 e. The molecule has 0 aromatic heterocycles. The molecule has 1 atom stereocenters. The fraction of sp³-hybridized carbons (Fsp3) is 0.750. The van der Waals surface area contributed by atoms with Gasteiger partial charge in [0, 0.05) is 19.1 Å². The van der Waals surface area contributed by atoms with E-state index in [0.29, 0.717) is 6.04 Å². The molecule has 0 aliphatic heterocycles. The molecule has 0 aromatic carbocycles. The molecule has 60 valence electrons. The Kier molecular flexibility index (Phi) is 6.55. The predicted octanol–water partition coefficient (Wildman–Crippen LogP) is 0.760. The highest BCUT2D eigenvalue weighted by Gasteiger charge is 1.95. The number of hydrogen-bond donors (Lipinski definition) is 2. The summed E-state index contributed by atoms with van der Waals surface area (Å²) in [5, 5.41) is 6.55. The predicted molar refractivity (Wildman–Crippen MR) is 46.2 cm³/mol. The van der Waals surface area contributed by atoms with Crippen LogP contribution in [0.2, 0.25) is 0 Å². The summed E-state index contributed by atoms with van der Waals surface area (Å²) in [5.41, 5.74) is 0. The van der Waals surface area contributed by atoms with Crippen LogP contribution in [-0.4, -0.2) is 25.7 Å². The first-order valence-corrected chi connectivity index (χ1v) is 3.86. The van der Waals surface area contributed by atoms with Gasteiger partial charge in [-0.05, 0) is 13.5 Å². The number of likely N-dealkylation sites (N-methyl/N-ethyl adjacent to an activating group) is 1. The van der Waals surface area contributed by atoms with Crippen LogP contribution < -0.4 is 10.6 Å². The van der Waals surface area contributed by atoms with E-state index in [1.807, 2.05) is 6.08 Å². The lowest BCUT2D eigenvalue weighted by Gasteiger charge is -2.11. The van der Waals surface area contributed by atoms with E-state index in [9.17, 15) is 0 Å². The van der Waals surface area contributed by atoms with Crippen molar-refractivity contribution in [2.75, 3.05) is 19.6 Å². The van der Waals surface area contributed by atoms with Crippen LogP contribution in [0, 0.1) is 0 Å². The summed E-state index contributed by atoms with van der Waals surface area (Å²) in [5.74, 6) is 0. The molecule has 0 saturated carbocycles. The third kappa shape index (κ3) is 5.79. The molecule has 0 aromatic rings. The van der Waals surface area contributed by atoms with Gasteiger partial charge in [-0.2, -0.15) is 0 Å². The second-order valence-corrected chi connectivity index (χ2v) is 2.41. The van der Waals surface area contributed by atoms with E-state index >= 15 is 0 Å². The Morgan fingerprint density at radius 3 is 2.80 bits per heavy atom. The lowest BCUT2D eigenvalue weighted by molar-refractivity contribution is 0.529. The Balaban J connectivity index is 3.04. The van der Waals surface area contributed by atoms with Crippen LogP contribution in [0.4, 0.5) is 0 Å². The van der Waals surface area contributed by atoms with Crippen LogP contribution in [0.3, 0.4) is 0 Å². The molecule has 0 heterocycles. The lowest BCUT2D eigenvalue weighted by atomic mass is 10.3. The average Bonchev–Trinajstić information content (AvgIpc) is 1.89. The topological polar surface area (TPSA) is 24.1 Å². The van der Waals surface area contributed by atoms with E-state index in [2.05, 4.69) is 31.1 Å². The van der Waals surface area contributed by atoms with Gasteiger partial charge in [-0.15, -0.1) is 6.58 Å². The first kappa shape index (κ1) is 9.66. The molecular formula is C8H18N2. The Morgan fingerprint density at radius 2 is 2.30 bits per heavy atom. The molecule has 2 N–H and O–H groups in total. The zero-order valence-corrected chi connectivity index (χ0v) is 6.98. The summed E-state index contributed by atoms with van der Waals surface area (Å²) < 4.78 is 0. The highest BCUT2D eigenvalue weighted by atomic mass is 15.0. The van der Waals surface area contributed by atoms with E-state index in [-0.39, 0.29) is 0 Å². The normalized spacial score (nSPS) is 13.0. The Labute approximate surface area is 63.7 Å². The van der Waals surface area contributed by atoms with Crippen molar-refractivity contribution in [3.05, 3.63) is 12.7 Å². The van der Waals surface area contributed by atoms with E-state index in [0.717, 1.165) is 19.6 Å². The zero-order chi connectivity index (χ0) is 7.82. The fourth-order valence-electron chi connectivity index (χ4n) is 0.823. The highest BCUT2D eigenvalue weighted by molar-refractivity contribution is 4.72. The van der Waals surface area contributed by atoms with Crippen molar-refractivity contribution in [1.29, 1.82) is 0 Å². The number of rotatable bonds is 6. The minimum atomic E-state index is 0.560. The molecule has 0 radical (unpaired) electrons. The van der Waals surface area contributed by atoms with Gasteiger partial charge in [0.1, 0.15) is 0 Å². The van der Waals surface area contributed by atoms with Crippen molar-refractivity contribution in [3.63, 3.8) is 0 Å². The molecule has 0 rings (SSSR count). The standard InChI is InChI=1S/C8H18N2/c1-4-6-9-7-8(3)10-5-2/h4,8-10H,1,5-7H2,2-3H3. The highest BCUT2D eigenvalue weighted by Crippen LogP contribution is 1.76. The van der Waals surface area contributed by atoms with Crippen molar-refractivity contribution in [3.8, 4) is 0 Å². The summed E-state index contributed by atoms with van der Waals surface area (Å²) in [6.45, 7) is 10.9. The average molecular weight is 142 g/mol. The van der Waals surface area contributed by atoms with Gasteiger partial charge in [0.2, 0.25) is 0 Å². The zero-order valence-electron chi connectivity index (χ0n) is 6.98. The Bertz CT molecular complexity index is 81.3. The second kappa shape index (κ2) is 6.78. The lowest BCUT2D eigenvalue weighted by Crippen LogP contribution is -2.36. The summed E-state index contributed by atoms with van der Waals surface area (Å²) in [7, 11) is 0. The Hall–Kier alpha value is -0.340. The van der Waals surface area contributed by atoms with Crippen molar-refractivity contribution < 1.29 is 0 Å². The molecule has 0 aliphatic rings. The van der Waals surface area contributed by atoms with Crippen molar-refractivity contribution in [2.45, 2.75) is 19.9 Å². The molecule has 2 heteroatoms. The first-order valence-electron chi connectivity index (χ1n) is 3.86. The number of hydrogen-bond acceptors (Lipinski definition) is 2. The van der Waals surface area contributed by atoms with Crippen LogP contribution in [0.5, 0.6) is 0 Å². The summed E-state index contributed by atoms with van der Waals surface area (Å²) >= 11 is 0.